The Balaban J connectivity index is 2.23. The molecule has 1 aromatic rings. The van der Waals surface area contributed by atoms with Gasteiger partial charge in [-0.1, -0.05) is 43.7 Å². The second-order valence-corrected chi connectivity index (χ2v) is 9.30. The van der Waals surface area contributed by atoms with Crippen molar-refractivity contribution < 1.29 is 0 Å². The zero-order valence-corrected chi connectivity index (χ0v) is 15.7. The minimum Gasteiger partial charge on any atom is -0.386 e. The highest BCUT2D eigenvalue weighted by Gasteiger charge is 2.91. The van der Waals surface area contributed by atoms with Gasteiger partial charge in [-0.25, -0.2) is 4.99 Å². The van der Waals surface area contributed by atoms with Crippen molar-refractivity contribution in [3.8, 4) is 12.1 Å². The largest absolute Gasteiger partial charge is 0.386 e. The molecule has 124 valence electrons. The highest BCUT2D eigenvalue weighted by atomic mass is 32.2. The Morgan fingerprint density at radius 3 is 2.38 bits per heavy atom. The fourth-order valence-corrected chi connectivity index (χ4v) is 7.35. The van der Waals surface area contributed by atoms with E-state index in [2.05, 4.69) is 37.0 Å². The Labute approximate surface area is 151 Å². The third-order valence-electron chi connectivity index (χ3n) is 4.98. The van der Waals surface area contributed by atoms with Crippen molar-refractivity contribution in [1.29, 1.82) is 10.5 Å². The van der Waals surface area contributed by atoms with Crippen LogP contribution in [0.5, 0.6) is 0 Å². The van der Waals surface area contributed by atoms with Gasteiger partial charge in [0, 0.05) is 5.92 Å². The van der Waals surface area contributed by atoms with Gasteiger partial charge in [0.15, 0.2) is 4.20 Å². The summed E-state index contributed by atoms with van der Waals surface area (Å²) in [5, 5.41) is 20.2. The highest BCUT2D eigenvalue weighted by Crippen LogP contribution is 2.85. The number of nitrogens with zero attached hydrogens (tertiary/aromatic N) is 3. The number of aliphatic imine (C=N–C) groups is 1. The molecule has 0 aromatic heterocycles. The molecule has 3 unspecified atom stereocenters. The average molecular weight is 357 g/mol. The molecule has 1 aliphatic heterocycles. The van der Waals surface area contributed by atoms with E-state index in [1.165, 1.54) is 0 Å². The van der Waals surface area contributed by atoms with Gasteiger partial charge in [-0.05, 0) is 24.0 Å². The number of nitrogens with two attached hydrogens (primary N) is 1. The summed E-state index contributed by atoms with van der Waals surface area (Å²) in [6, 6.07) is 13.0. The zero-order chi connectivity index (χ0) is 17.6. The minimum absolute atomic E-state index is 0.226. The molecule has 1 saturated carbocycles. The molecule has 3 rings (SSSR count). The first-order chi connectivity index (χ1) is 11.5. The summed E-state index contributed by atoms with van der Waals surface area (Å²) in [4.78, 5) is 4.69. The number of benzene rings is 1. The molecule has 2 N–H and O–H groups in total. The third-order valence-corrected chi connectivity index (χ3v) is 7.88. The Kier molecular flexibility index (Phi) is 4.10. The maximum absolute atomic E-state index is 10.2. The van der Waals surface area contributed by atoms with Crippen molar-refractivity contribution in [2.75, 3.05) is 11.5 Å². The number of nitriles is 2. The minimum atomic E-state index is -1.01. The number of fused-ring (bicyclic) bond motifs is 1. The quantitative estimate of drug-likeness (QED) is 0.814. The summed E-state index contributed by atoms with van der Waals surface area (Å²) in [6.45, 7) is 6.12. The van der Waals surface area contributed by atoms with Gasteiger partial charge in [0.25, 0.3) is 0 Å². The van der Waals surface area contributed by atoms with Crippen LogP contribution in [-0.4, -0.2) is 21.5 Å². The first-order valence-electron chi connectivity index (χ1n) is 8.02. The second-order valence-electron chi connectivity index (χ2n) is 6.13. The topological polar surface area (TPSA) is 86.0 Å². The number of rotatable bonds is 5. The number of hydrogen-bond acceptors (Lipinski definition) is 6. The van der Waals surface area contributed by atoms with Gasteiger partial charge in [0.05, 0.1) is 12.1 Å². The molecule has 0 amide bonds. The lowest BCUT2D eigenvalue weighted by atomic mass is 9.97. The summed E-state index contributed by atoms with van der Waals surface area (Å²) in [6.07, 6.45) is 0. The van der Waals surface area contributed by atoms with Gasteiger partial charge < -0.3 is 5.73 Å². The molecule has 4 nitrogen and oxygen atoms in total. The lowest BCUT2D eigenvalue weighted by Gasteiger charge is -2.31. The van der Waals surface area contributed by atoms with Gasteiger partial charge in [-0.2, -0.15) is 10.5 Å². The SMILES string of the molecule is CCSC1(SCC)N=C(N)C2(C#N)C(c3cccc(C)c3)C12C#N. The third kappa shape index (κ3) is 1.79. The van der Waals surface area contributed by atoms with Crippen LogP contribution in [0.4, 0.5) is 0 Å². The summed E-state index contributed by atoms with van der Waals surface area (Å²) in [7, 11) is 0. The van der Waals surface area contributed by atoms with E-state index in [0.717, 1.165) is 22.6 Å². The first-order valence-corrected chi connectivity index (χ1v) is 9.99. The number of thioether (sulfide) groups is 2. The van der Waals surface area contributed by atoms with Gasteiger partial charge in [0.2, 0.25) is 0 Å². The second kappa shape index (κ2) is 5.72. The van der Waals surface area contributed by atoms with Gasteiger partial charge >= 0.3 is 0 Å². The molecule has 0 bridgehead atoms. The summed E-state index contributed by atoms with van der Waals surface area (Å²) in [5.41, 5.74) is 6.48. The van der Waals surface area contributed by atoms with Crippen molar-refractivity contribution in [1.82, 2.24) is 0 Å². The van der Waals surface area contributed by atoms with Gasteiger partial charge in [-0.15, -0.1) is 23.5 Å². The molecule has 0 saturated heterocycles. The van der Waals surface area contributed by atoms with Crippen molar-refractivity contribution in [3.63, 3.8) is 0 Å². The lowest BCUT2D eigenvalue weighted by Crippen LogP contribution is -2.31. The van der Waals surface area contributed by atoms with Crippen molar-refractivity contribution in [2.45, 2.75) is 30.9 Å². The molecule has 0 spiro atoms. The van der Waals surface area contributed by atoms with Crippen LogP contribution in [0.25, 0.3) is 0 Å². The fraction of sp³-hybridized carbons (Fsp3) is 0.500. The predicted molar refractivity (Wildman–Crippen MR) is 101 cm³/mol. The molecule has 2 aliphatic rings. The summed E-state index contributed by atoms with van der Waals surface area (Å²) in [5.74, 6) is 1.72. The lowest BCUT2D eigenvalue weighted by molar-refractivity contribution is 0.564. The Morgan fingerprint density at radius 2 is 1.88 bits per heavy atom. The van der Waals surface area contributed by atoms with E-state index in [0.29, 0.717) is 5.84 Å². The van der Waals surface area contributed by atoms with E-state index < -0.39 is 15.0 Å². The average Bonchev–Trinajstić information content (AvgIpc) is 3.14. The molecular weight excluding hydrogens is 336 g/mol. The van der Waals surface area contributed by atoms with Crippen LogP contribution in [0.3, 0.4) is 0 Å². The fourth-order valence-electron chi connectivity index (χ4n) is 4.10. The molecular formula is C18H20N4S2. The summed E-state index contributed by atoms with van der Waals surface area (Å²) >= 11 is 3.25. The monoisotopic (exact) mass is 356 g/mol. The van der Waals surface area contributed by atoms with Crippen LogP contribution in [0, 0.1) is 40.4 Å². The van der Waals surface area contributed by atoms with Crippen LogP contribution in [-0.2, 0) is 0 Å². The van der Waals surface area contributed by atoms with Crippen LogP contribution in [0.2, 0.25) is 0 Å². The molecule has 1 heterocycles. The Hall–Kier alpha value is -1.63. The number of hydrogen-bond donors (Lipinski definition) is 1. The maximum Gasteiger partial charge on any atom is 0.175 e. The molecule has 6 heteroatoms. The van der Waals surface area contributed by atoms with E-state index >= 15 is 0 Å². The van der Waals surface area contributed by atoms with Crippen LogP contribution < -0.4 is 5.73 Å². The zero-order valence-electron chi connectivity index (χ0n) is 14.0. The molecule has 3 atom stereocenters. The van der Waals surface area contributed by atoms with Gasteiger partial charge in [-0.3, -0.25) is 0 Å². The molecule has 1 fully saturated rings. The van der Waals surface area contributed by atoms with Gasteiger partial charge in [0.1, 0.15) is 16.7 Å². The Morgan fingerprint density at radius 1 is 1.21 bits per heavy atom. The van der Waals surface area contributed by atoms with Crippen LogP contribution in [0.1, 0.15) is 30.9 Å². The number of aryl methyl sites for hydroxylation is 1. The van der Waals surface area contributed by atoms with E-state index in [9.17, 15) is 10.5 Å². The van der Waals surface area contributed by atoms with Crippen molar-refractivity contribution in [2.24, 2.45) is 21.6 Å². The summed E-state index contributed by atoms with van der Waals surface area (Å²) < 4.78 is -0.709. The van der Waals surface area contributed by atoms with Crippen LogP contribution in [0.15, 0.2) is 29.3 Å². The molecule has 24 heavy (non-hydrogen) atoms. The van der Waals surface area contributed by atoms with E-state index in [4.69, 9.17) is 5.73 Å². The molecule has 1 aliphatic carbocycles. The normalized spacial score (nSPS) is 32.4. The van der Waals surface area contributed by atoms with E-state index in [1.54, 1.807) is 23.5 Å². The standard InChI is InChI=1S/C18H20N4S2/c1-4-23-18(24-5-2)17(11-20)14(13-8-6-7-12(3)9-13)16(17,10-19)15(21)22-18/h6-9,14H,4-5H2,1-3H3,(H2,21,22). The van der Waals surface area contributed by atoms with Crippen molar-refractivity contribution in [3.05, 3.63) is 35.4 Å². The molecule has 0 radical (unpaired) electrons. The highest BCUT2D eigenvalue weighted by molar-refractivity contribution is 8.18. The van der Waals surface area contributed by atoms with E-state index in [-0.39, 0.29) is 5.92 Å². The molecule has 1 aromatic carbocycles. The number of amidine groups is 1. The smallest absolute Gasteiger partial charge is 0.175 e. The Bertz CT molecular complexity index is 785. The van der Waals surface area contributed by atoms with Crippen molar-refractivity contribution >= 4 is 29.4 Å². The predicted octanol–water partition coefficient (Wildman–Crippen LogP) is 3.64. The van der Waals surface area contributed by atoms with E-state index in [1.807, 2.05) is 25.1 Å². The maximum atomic E-state index is 10.2. The first kappa shape index (κ1) is 17.2. The van der Waals surface area contributed by atoms with Crippen LogP contribution >= 0.6 is 23.5 Å².